The van der Waals surface area contributed by atoms with Gasteiger partial charge < -0.3 is 15.3 Å². The molecule has 1 saturated heterocycles. The number of hydrogen-bond donors (Lipinski definition) is 2. The van der Waals surface area contributed by atoms with E-state index in [4.69, 9.17) is 0 Å². The zero-order valence-electron chi connectivity index (χ0n) is 11.6. The Morgan fingerprint density at radius 3 is 2.47 bits per heavy atom. The van der Waals surface area contributed by atoms with Crippen LogP contribution in [-0.4, -0.2) is 48.3 Å². The van der Waals surface area contributed by atoms with Gasteiger partial charge >= 0.3 is 0 Å². The highest BCUT2D eigenvalue weighted by Gasteiger charge is 2.33. The van der Waals surface area contributed by atoms with Gasteiger partial charge in [0, 0.05) is 25.2 Å². The van der Waals surface area contributed by atoms with Crippen LogP contribution >= 0.6 is 0 Å². The Kier molecular flexibility index (Phi) is 4.11. The van der Waals surface area contributed by atoms with Crippen molar-refractivity contribution in [1.82, 2.24) is 10.2 Å². The number of aliphatic hydroxyl groups is 1. The lowest BCUT2D eigenvalue weighted by molar-refractivity contribution is 0.181. The van der Waals surface area contributed by atoms with Crippen LogP contribution in [0.3, 0.4) is 0 Å². The lowest BCUT2D eigenvalue weighted by atomic mass is 9.80. The van der Waals surface area contributed by atoms with E-state index in [0.717, 1.165) is 12.5 Å². The SMILES string of the molecule is CC(C)(C)C1CCN(CC(CO)NC2CC2)C1. The maximum absolute atomic E-state index is 9.40. The summed E-state index contributed by atoms with van der Waals surface area (Å²) in [6, 6.07) is 0.967. The van der Waals surface area contributed by atoms with E-state index in [1.54, 1.807) is 0 Å². The highest BCUT2D eigenvalue weighted by molar-refractivity contribution is 4.89. The molecule has 2 atom stereocenters. The summed E-state index contributed by atoms with van der Waals surface area (Å²) in [5, 5.41) is 12.9. The normalized spacial score (nSPS) is 28.6. The van der Waals surface area contributed by atoms with Gasteiger partial charge in [-0.1, -0.05) is 20.8 Å². The van der Waals surface area contributed by atoms with Crippen molar-refractivity contribution in [2.75, 3.05) is 26.2 Å². The van der Waals surface area contributed by atoms with Crippen LogP contribution in [0.15, 0.2) is 0 Å². The van der Waals surface area contributed by atoms with Crippen LogP contribution in [0.5, 0.6) is 0 Å². The van der Waals surface area contributed by atoms with E-state index in [1.807, 2.05) is 0 Å². The molecule has 100 valence electrons. The van der Waals surface area contributed by atoms with E-state index >= 15 is 0 Å². The lowest BCUT2D eigenvalue weighted by Crippen LogP contribution is -2.44. The van der Waals surface area contributed by atoms with Crippen LogP contribution < -0.4 is 5.32 Å². The predicted octanol–water partition coefficient (Wildman–Crippen LogP) is 1.47. The molecular weight excluding hydrogens is 212 g/mol. The number of nitrogens with zero attached hydrogens (tertiary/aromatic N) is 1. The Morgan fingerprint density at radius 2 is 2.00 bits per heavy atom. The number of rotatable bonds is 5. The Balaban J connectivity index is 1.75. The lowest BCUT2D eigenvalue weighted by Gasteiger charge is -2.28. The minimum atomic E-state index is 0.271. The molecule has 2 fully saturated rings. The molecule has 0 aromatic carbocycles. The molecule has 3 nitrogen and oxygen atoms in total. The Hall–Kier alpha value is -0.120. The molecule has 2 aliphatic rings. The number of aliphatic hydroxyl groups excluding tert-OH is 1. The molecule has 1 heterocycles. The summed E-state index contributed by atoms with van der Waals surface area (Å²) < 4.78 is 0. The predicted molar refractivity (Wildman–Crippen MR) is 71.0 cm³/mol. The first kappa shape index (κ1) is 13.3. The molecule has 0 aromatic heterocycles. The first-order valence-corrected chi connectivity index (χ1v) is 7.08. The molecule has 1 aliphatic carbocycles. The molecule has 0 spiro atoms. The summed E-state index contributed by atoms with van der Waals surface area (Å²) in [4.78, 5) is 2.52. The van der Waals surface area contributed by atoms with Crippen molar-refractivity contribution in [2.45, 2.75) is 52.1 Å². The van der Waals surface area contributed by atoms with Gasteiger partial charge in [-0.05, 0) is 37.1 Å². The molecule has 0 amide bonds. The molecular formula is C14H28N2O. The largest absolute Gasteiger partial charge is 0.395 e. The summed E-state index contributed by atoms with van der Waals surface area (Å²) in [5.74, 6) is 0.808. The molecule has 3 heteroatoms. The fraction of sp³-hybridized carbons (Fsp3) is 1.00. The number of likely N-dealkylation sites (tertiary alicyclic amines) is 1. The van der Waals surface area contributed by atoms with Gasteiger partial charge in [0.1, 0.15) is 0 Å². The topological polar surface area (TPSA) is 35.5 Å². The van der Waals surface area contributed by atoms with Crippen LogP contribution in [0, 0.1) is 11.3 Å². The van der Waals surface area contributed by atoms with Crippen molar-refractivity contribution in [1.29, 1.82) is 0 Å². The summed E-state index contributed by atoms with van der Waals surface area (Å²) in [6.45, 7) is 10.7. The second kappa shape index (κ2) is 5.25. The minimum Gasteiger partial charge on any atom is -0.395 e. The van der Waals surface area contributed by atoms with Crippen molar-refractivity contribution in [3.8, 4) is 0 Å². The Labute approximate surface area is 106 Å². The third kappa shape index (κ3) is 3.94. The van der Waals surface area contributed by atoms with Crippen molar-refractivity contribution in [3.63, 3.8) is 0 Å². The first-order chi connectivity index (χ1) is 7.99. The van der Waals surface area contributed by atoms with Crippen LogP contribution in [0.2, 0.25) is 0 Å². The average Bonchev–Trinajstić information content (AvgIpc) is 2.91. The molecule has 0 aromatic rings. The summed E-state index contributed by atoms with van der Waals surface area (Å²) in [6.07, 6.45) is 3.90. The standard InChI is InChI=1S/C14H28N2O/c1-14(2,3)11-6-7-16(8-11)9-13(10-17)15-12-4-5-12/h11-13,15,17H,4-10H2,1-3H3. The average molecular weight is 240 g/mol. The molecule has 0 bridgehead atoms. The Morgan fingerprint density at radius 1 is 1.29 bits per heavy atom. The van der Waals surface area contributed by atoms with E-state index in [1.165, 1.54) is 32.4 Å². The molecule has 1 aliphatic heterocycles. The van der Waals surface area contributed by atoms with Crippen molar-refractivity contribution in [3.05, 3.63) is 0 Å². The van der Waals surface area contributed by atoms with Crippen molar-refractivity contribution in [2.24, 2.45) is 11.3 Å². The van der Waals surface area contributed by atoms with Gasteiger partial charge in [0.25, 0.3) is 0 Å². The van der Waals surface area contributed by atoms with Crippen LogP contribution in [0.4, 0.5) is 0 Å². The summed E-state index contributed by atoms with van der Waals surface area (Å²) >= 11 is 0. The van der Waals surface area contributed by atoms with Crippen LogP contribution in [0.25, 0.3) is 0 Å². The third-order valence-corrected chi connectivity index (χ3v) is 4.24. The second-order valence-electron chi connectivity index (χ2n) is 6.93. The second-order valence-corrected chi connectivity index (χ2v) is 6.93. The van der Waals surface area contributed by atoms with Gasteiger partial charge in [0.05, 0.1) is 6.61 Å². The first-order valence-electron chi connectivity index (χ1n) is 7.08. The minimum absolute atomic E-state index is 0.271. The fourth-order valence-corrected chi connectivity index (χ4v) is 2.76. The quantitative estimate of drug-likeness (QED) is 0.764. The molecule has 2 rings (SSSR count). The van der Waals surface area contributed by atoms with Crippen molar-refractivity contribution >= 4 is 0 Å². The van der Waals surface area contributed by atoms with Gasteiger partial charge in [-0.2, -0.15) is 0 Å². The van der Waals surface area contributed by atoms with E-state index in [2.05, 4.69) is 31.0 Å². The van der Waals surface area contributed by atoms with Gasteiger partial charge in [-0.3, -0.25) is 0 Å². The van der Waals surface area contributed by atoms with E-state index in [0.29, 0.717) is 11.5 Å². The molecule has 1 saturated carbocycles. The number of nitrogens with one attached hydrogen (secondary N) is 1. The summed E-state index contributed by atoms with van der Waals surface area (Å²) in [7, 11) is 0. The smallest absolute Gasteiger partial charge is 0.0597 e. The zero-order chi connectivity index (χ0) is 12.5. The highest BCUT2D eigenvalue weighted by Crippen LogP contribution is 2.33. The monoisotopic (exact) mass is 240 g/mol. The molecule has 2 N–H and O–H groups in total. The van der Waals surface area contributed by atoms with Gasteiger partial charge in [-0.25, -0.2) is 0 Å². The van der Waals surface area contributed by atoms with Gasteiger partial charge in [-0.15, -0.1) is 0 Å². The van der Waals surface area contributed by atoms with E-state index < -0.39 is 0 Å². The highest BCUT2D eigenvalue weighted by atomic mass is 16.3. The van der Waals surface area contributed by atoms with Crippen LogP contribution in [-0.2, 0) is 0 Å². The molecule has 0 radical (unpaired) electrons. The van der Waals surface area contributed by atoms with Gasteiger partial charge in [0.15, 0.2) is 0 Å². The third-order valence-electron chi connectivity index (χ3n) is 4.24. The van der Waals surface area contributed by atoms with E-state index in [9.17, 15) is 5.11 Å². The summed E-state index contributed by atoms with van der Waals surface area (Å²) in [5.41, 5.74) is 0.424. The van der Waals surface area contributed by atoms with E-state index in [-0.39, 0.29) is 12.6 Å². The van der Waals surface area contributed by atoms with Gasteiger partial charge in [0.2, 0.25) is 0 Å². The van der Waals surface area contributed by atoms with Crippen molar-refractivity contribution < 1.29 is 5.11 Å². The molecule has 17 heavy (non-hydrogen) atoms. The maximum Gasteiger partial charge on any atom is 0.0597 e. The maximum atomic E-state index is 9.40. The Bertz CT molecular complexity index is 245. The molecule has 2 unspecified atom stereocenters. The fourth-order valence-electron chi connectivity index (χ4n) is 2.76. The van der Waals surface area contributed by atoms with Crippen LogP contribution in [0.1, 0.15) is 40.0 Å². The zero-order valence-corrected chi connectivity index (χ0v) is 11.6. The number of hydrogen-bond acceptors (Lipinski definition) is 3.